The lowest BCUT2D eigenvalue weighted by molar-refractivity contribution is -0.384. The van der Waals surface area contributed by atoms with E-state index in [0.717, 1.165) is 42.4 Å². The van der Waals surface area contributed by atoms with E-state index in [2.05, 4.69) is 12.7 Å². The average molecular weight is 902 g/mol. The fourth-order valence-electron chi connectivity index (χ4n) is 9.90. The quantitative estimate of drug-likeness (QED) is 0.0244. The SMILES string of the molecule is C=CCOC12Oc3ccc(OCc4ccccc4F)cc3C3C(CCCCO)C(CCCCO)C=C(C(=NOCc4ccccc4)CC1N(CCC)C(=O)C=Cc1ccc([N+](=O)[O-])cc1)C32. The molecule has 6 atom stereocenters. The van der Waals surface area contributed by atoms with E-state index in [4.69, 9.17) is 24.2 Å². The van der Waals surface area contributed by atoms with E-state index in [0.29, 0.717) is 54.1 Å². The lowest BCUT2D eigenvalue weighted by Gasteiger charge is -2.60. The van der Waals surface area contributed by atoms with Crippen molar-refractivity contribution >= 4 is 23.4 Å². The predicted molar refractivity (Wildman–Crippen MR) is 251 cm³/mol. The van der Waals surface area contributed by atoms with Crippen molar-refractivity contribution in [3.8, 4) is 11.5 Å². The number of allylic oxidation sites excluding steroid dienone is 1. The van der Waals surface area contributed by atoms with Crippen molar-refractivity contribution < 1.29 is 43.4 Å². The molecule has 0 aromatic heterocycles. The summed E-state index contributed by atoms with van der Waals surface area (Å²) in [5.41, 5.74) is 4.38. The number of amides is 1. The van der Waals surface area contributed by atoms with Crippen LogP contribution in [0.2, 0.25) is 0 Å². The van der Waals surface area contributed by atoms with Crippen molar-refractivity contribution in [3.05, 3.63) is 166 Å². The van der Waals surface area contributed by atoms with E-state index in [9.17, 15) is 29.5 Å². The first kappa shape index (κ1) is 47.8. The second-order valence-corrected chi connectivity index (χ2v) is 17.1. The zero-order valence-electron chi connectivity index (χ0n) is 37.5. The summed E-state index contributed by atoms with van der Waals surface area (Å²) < 4.78 is 35.5. The summed E-state index contributed by atoms with van der Waals surface area (Å²) >= 11 is 0. The third-order valence-corrected chi connectivity index (χ3v) is 12.9. The van der Waals surface area contributed by atoms with Crippen molar-refractivity contribution in [2.45, 2.75) is 89.3 Å². The van der Waals surface area contributed by atoms with E-state index >= 15 is 0 Å². The van der Waals surface area contributed by atoms with Crippen LogP contribution < -0.4 is 9.47 Å². The molecule has 3 aliphatic rings. The Bertz CT molecular complexity index is 2370. The highest BCUT2D eigenvalue weighted by Gasteiger charge is 2.65. The van der Waals surface area contributed by atoms with Crippen LogP contribution in [0.5, 0.6) is 11.5 Å². The Kier molecular flexibility index (Phi) is 16.5. The fraction of sp³-hybridized carbons (Fsp3) is 0.396. The maximum absolute atomic E-state index is 14.8. The first-order chi connectivity index (χ1) is 32.2. The number of carbonyl (C=O) groups excluding carboxylic acids is 1. The fourth-order valence-corrected chi connectivity index (χ4v) is 9.90. The number of unbranched alkanes of at least 4 members (excludes halogenated alkanes) is 2. The minimum absolute atomic E-state index is 0.0113. The van der Waals surface area contributed by atoms with Gasteiger partial charge in [-0.3, -0.25) is 14.9 Å². The van der Waals surface area contributed by atoms with Crippen LogP contribution in [0.3, 0.4) is 0 Å². The number of aliphatic hydroxyl groups is 2. The largest absolute Gasteiger partial charge is 0.489 e. The second kappa shape index (κ2) is 22.8. The van der Waals surface area contributed by atoms with Crippen LogP contribution in [0.4, 0.5) is 10.1 Å². The third-order valence-electron chi connectivity index (χ3n) is 12.9. The van der Waals surface area contributed by atoms with Gasteiger partial charge in [0.05, 0.1) is 23.2 Å². The standard InChI is InChI=1S/C53H60FN3O9/c1-3-28-56(50(60)27-22-37-20-23-41(24-21-37)57(61)62)49-34-47(55-65-35-38-14-6-5-7-15-38)44-32-39(16-10-12-29-58)43(18-11-13-30-59)51-45-33-42(63-36-40-17-8-9-19-46(40)54)25-26-48(45)66-53(49,52(44)51)64-31-4-2/h4-9,14-15,17,19-27,32-33,39,43,49,51-52,58-59H,2-3,10-13,16,18,28-31,34-36H2,1H3. The number of carbonyl (C=O) groups is 1. The normalized spacial score (nSPS) is 22.5. The van der Waals surface area contributed by atoms with E-state index in [1.165, 1.54) is 24.3 Å². The molecule has 66 heavy (non-hydrogen) atoms. The Morgan fingerprint density at radius 1 is 0.985 bits per heavy atom. The van der Waals surface area contributed by atoms with Crippen molar-refractivity contribution in [2.75, 3.05) is 26.4 Å². The van der Waals surface area contributed by atoms with Crippen LogP contribution in [0, 0.1) is 33.7 Å². The summed E-state index contributed by atoms with van der Waals surface area (Å²) in [4.78, 5) is 33.7. The minimum Gasteiger partial charge on any atom is -0.489 e. The maximum Gasteiger partial charge on any atom is 0.269 e. The van der Waals surface area contributed by atoms with Crippen molar-refractivity contribution in [1.82, 2.24) is 4.90 Å². The highest BCUT2D eigenvalue weighted by molar-refractivity contribution is 6.03. The molecule has 0 saturated heterocycles. The number of nitro groups is 1. The summed E-state index contributed by atoms with van der Waals surface area (Å²) in [5.74, 6) is -1.85. The first-order valence-electron chi connectivity index (χ1n) is 23.0. The molecule has 13 heteroatoms. The van der Waals surface area contributed by atoms with E-state index in [1.807, 2.05) is 55.5 Å². The number of halogens is 1. The number of ether oxygens (including phenoxy) is 3. The number of hydrogen-bond donors (Lipinski definition) is 2. The number of rotatable bonds is 23. The van der Waals surface area contributed by atoms with Crippen LogP contribution in [0.1, 0.15) is 86.5 Å². The smallest absolute Gasteiger partial charge is 0.269 e. The average Bonchev–Trinajstić information content (AvgIpc) is 3.33. The molecule has 0 spiro atoms. The van der Waals surface area contributed by atoms with Crippen molar-refractivity contribution in [1.29, 1.82) is 0 Å². The number of oxime groups is 1. The Balaban J connectivity index is 1.40. The molecule has 1 fully saturated rings. The summed E-state index contributed by atoms with van der Waals surface area (Å²) in [6.45, 7) is 6.82. The number of nitrogens with zero attached hydrogens (tertiary/aromatic N) is 3. The molecule has 1 amide bonds. The Morgan fingerprint density at radius 3 is 2.44 bits per heavy atom. The zero-order chi connectivity index (χ0) is 46.5. The number of hydrogen-bond acceptors (Lipinski definition) is 10. The molecule has 0 radical (unpaired) electrons. The van der Waals surface area contributed by atoms with Crippen molar-refractivity contribution in [3.63, 3.8) is 0 Å². The Hall–Kier alpha value is -6.15. The number of aliphatic hydroxyl groups excluding tert-OH is 2. The van der Waals surface area contributed by atoms with Gasteiger partial charge >= 0.3 is 0 Å². The lowest BCUT2D eigenvalue weighted by atomic mass is 9.55. The van der Waals surface area contributed by atoms with E-state index < -0.39 is 22.7 Å². The molecule has 7 rings (SSSR count). The van der Waals surface area contributed by atoms with Gasteiger partial charge in [-0.1, -0.05) is 85.6 Å². The Morgan fingerprint density at radius 2 is 1.73 bits per heavy atom. The van der Waals surface area contributed by atoms with Crippen LogP contribution in [-0.4, -0.2) is 69.8 Å². The first-order valence-corrected chi connectivity index (χ1v) is 23.0. The highest BCUT2D eigenvalue weighted by Crippen LogP contribution is 2.62. The van der Waals surface area contributed by atoms with Gasteiger partial charge in [-0.25, -0.2) is 4.39 Å². The number of benzene rings is 4. The molecule has 2 aliphatic carbocycles. The molecule has 12 nitrogen and oxygen atoms in total. The predicted octanol–water partition coefficient (Wildman–Crippen LogP) is 10.1. The molecule has 0 bridgehead atoms. The topological polar surface area (TPSA) is 153 Å². The van der Waals surface area contributed by atoms with Gasteiger partial charge in [0.15, 0.2) is 0 Å². The van der Waals surface area contributed by atoms with Gasteiger partial charge in [0.1, 0.15) is 36.6 Å². The van der Waals surface area contributed by atoms with E-state index in [-0.39, 0.29) is 74.6 Å². The van der Waals surface area contributed by atoms with Gasteiger partial charge in [0.2, 0.25) is 11.7 Å². The summed E-state index contributed by atoms with van der Waals surface area (Å²) in [6.07, 6.45) is 12.3. The van der Waals surface area contributed by atoms with Gasteiger partial charge in [-0.05, 0) is 103 Å². The molecule has 1 saturated carbocycles. The number of nitro benzene ring substituents is 1. The molecule has 1 heterocycles. The van der Waals surface area contributed by atoms with E-state index in [1.54, 1.807) is 47.4 Å². The molecule has 4 aromatic carbocycles. The van der Waals surface area contributed by atoms with Crippen LogP contribution in [0.25, 0.3) is 6.08 Å². The number of non-ortho nitro benzene ring substituents is 1. The van der Waals surface area contributed by atoms with Gasteiger partial charge in [-0.2, -0.15) is 0 Å². The van der Waals surface area contributed by atoms with Gasteiger partial charge in [0, 0.05) is 61.4 Å². The molecular weight excluding hydrogens is 842 g/mol. The van der Waals surface area contributed by atoms with Gasteiger partial charge < -0.3 is 34.2 Å². The molecule has 2 N–H and O–H groups in total. The van der Waals surface area contributed by atoms with Crippen LogP contribution >= 0.6 is 0 Å². The zero-order valence-corrected chi connectivity index (χ0v) is 37.5. The summed E-state index contributed by atoms with van der Waals surface area (Å²) in [5, 5.41) is 36.2. The molecular formula is C53H60FN3O9. The molecule has 348 valence electrons. The summed E-state index contributed by atoms with van der Waals surface area (Å²) in [7, 11) is 0. The monoisotopic (exact) mass is 901 g/mol. The van der Waals surface area contributed by atoms with Crippen molar-refractivity contribution in [2.24, 2.45) is 22.9 Å². The molecule has 6 unspecified atom stereocenters. The lowest BCUT2D eigenvalue weighted by Crippen LogP contribution is -2.70. The Labute approximate surface area is 386 Å². The van der Waals surface area contributed by atoms with Gasteiger partial charge in [-0.15, -0.1) is 6.58 Å². The minimum atomic E-state index is -1.47. The van der Waals surface area contributed by atoms with Crippen LogP contribution in [0.15, 0.2) is 133 Å². The molecule has 1 aliphatic heterocycles. The second-order valence-electron chi connectivity index (χ2n) is 17.1. The maximum atomic E-state index is 14.8. The third kappa shape index (κ3) is 10.9. The summed E-state index contributed by atoms with van der Waals surface area (Å²) in [6, 6.07) is 27.2. The number of fused-ring (bicyclic) bond motifs is 2. The highest BCUT2D eigenvalue weighted by atomic mass is 19.1. The van der Waals surface area contributed by atoms with Crippen LogP contribution in [-0.2, 0) is 27.6 Å². The van der Waals surface area contributed by atoms with Gasteiger partial charge in [0.25, 0.3) is 5.69 Å². The molecule has 4 aromatic rings.